The second-order valence-corrected chi connectivity index (χ2v) is 8.25. The first-order valence-electron chi connectivity index (χ1n) is 9.87. The number of rotatable bonds is 6. The number of phenols is 1. The Kier molecular flexibility index (Phi) is 6.20. The predicted molar refractivity (Wildman–Crippen MR) is 123 cm³/mol. The van der Waals surface area contributed by atoms with Gasteiger partial charge in [-0.3, -0.25) is 0 Å². The number of halogens is 3. The van der Waals surface area contributed by atoms with Crippen LogP contribution in [0.25, 0.3) is 16.9 Å². The molecule has 0 radical (unpaired) electrons. The lowest BCUT2D eigenvalue weighted by Gasteiger charge is -2.18. The molecular formula is C25H18BrF2NO4. The second-order valence-electron chi connectivity index (χ2n) is 7.34. The van der Waals surface area contributed by atoms with Crippen LogP contribution in [-0.2, 0) is 6.61 Å². The maximum atomic E-state index is 14.1. The molecule has 3 aromatic carbocycles. The number of hydrogen-bond donors (Lipinski definition) is 2. The quantitative estimate of drug-likeness (QED) is 0.309. The van der Waals surface area contributed by atoms with Crippen LogP contribution in [0.2, 0.25) is 0 Å². The lowest BCUT2D eigenvalue weighted by Crippen LogP contribution is -2.08. The average Bonchev–Trinajstić information content (AvgIpc) is 3.14. The van der Waals surface area contributed by atoms with E-state index in [2.05, 4.69) is 15.9 Å². The number of aromatic hydroxyl groups is 1. The van der Waals surface area contributed by atoms with E-state index in [9.17, 15) is 23.8 Å². The van der Waals surface area contributed by atoms with Crippen molar-refractivity contribution in [3.8, 4) is 28.4 Å². The van der Waals surface area contributed by atoms with Crippen LogP contribution in [-0.4, -0.2) is 20.7 Å². The van der Waals surface area contributed by atoms with Gasteiger partial charge in [-0.25, -0.2) is 13.6 Å². The maximum absolute atomic E-state index is 14.1. The minimum atomic E-state index is -1.26. The zero-order chi connectivity index (χ0) is 23.7. The van der Waals surface area contributed by atoms with Crippen molar-refractivity contribution in [2.45, 2.75) is 13.5 Å². The minimum Gasteiger partial charge on any atom is -0.507 e. The Balaban J connectivity index is 1.81. The Labute approximate surface area is 196 Å². The van der Waals surface area contributed by atoms with Gasteiger partial charge < -0.3 is 19.5 Å². The largest absolute Gasteiger partial charge is 0.507 e. The number of ether oxygens (including phenoxy) is 1. The standard InChI is InChI=1S/C25H18BrF2NO4/c1-14-5-9-20(29(14)21-3-2-4-22(30)24(21)25(31)32)18-11-16(26)7-10-23(18)33-13-15-6-8-17(27)12-19(15)28/h2-12,30H,13H2,1H3,(H,31,32). The maximum Gasteiger partial charge on any atom is 0.341 e. The molecule has 0 saturated carbocycles. The Morgan fingerprint density at radius 3 is 2.58 bits per heavy atom. The summed E-state index contributed by atoms with van der Waals surface area (Å²) in [5.74, 6) is -2.58. The Morgan fingerprint density at radius 2 is 1.85 bits per heavy atom. The summed E-state index contributed by atoms with van der Waals surface area (Å²) < 4.78 is 35.6. The minimum absolute atomic E-state index is 0.132. The van der Waals surface area contributed by atoms with Gasteiger partial charge in [0, 0.05) is 27.4 Å². The highest BCUT2D eigenvalue weighted by Crippen LogP contribution is 2.37. The normalized spacial score (nSPS) is 10.9. The van der Waals surface area contributed by atoms with Crippen molar-refractivity contribution in [3.05, 3.63) is 99.7 Å². The number of aromatic carboxylic acids is 1. The molecule has 0 unspecified atom stereocenters. The number of aryl methyl sites for hydroxylation is 1. The van der Waals surface area contributed by atoms with Gasteiger partial charge >= 0.3 is 5.97 Å². The summed E-state index contributed by atoms with van der Waals surface area (Å²) in [6.07, 6.45) is 0. The van der Waals surface area contributed by atoms with Gasteiger partial charge in [0.2, 0.25) is 0 Å². The van der Waals surface area contributed by atoms with Gasteiger partial charge in [0.05, 0.1) is 11.4 Å². The first-order chi connectivity index (χ1) is 15.8. The number of aromatic nitrogens is 1. The van der Waals surface area contributed by atoms with Gasteiger partial charge in [0.1, 0.15) is 35.3 Å². The third kappa shape index (κ3) is 4.47. The zero-order valence-corrected chi connectivity index (χ0v) is 18.9. The summed E-state index contributed by atoms with van der Waals surface area (Å²) in [6.45, 7) is 1.68. The van der Waals surface area contributed by atoms with E-state index in [1.54, 1.807) is 41.0 Å². The molecule has 2 N–H and O–H groups in total. The molecule has 0 aliphatic heterocycles. The molecule has 4 rings (SSSR count). The molecule has 1 aromatic heterocycles. The summed E-state index contributed by atoms with van der Waals surface area (Å²) in [4.78, 5) is 11.9. The fraction of sp³-hybridized carbons (Fsp3) is 0.0800. The van der Waals surface area contributed by atoms with Crippen LogP contribution in [0.15, 0.2) is 71.2 Å². The molecular weight excluding hydrogens is 496 g/mol. The van der Waals surface area contributed by atoms with Gasteiger partial charge in [-0.1, -0.05) is 22.0 Å². The number of benzene rings is 3. The number of hydrogen-bond acceptors (Lipinski definition) is 3. The van der Waals surface area contributed by atoms with Gasteiger partial charge in [-0.2, -0.15) is 0 Å². The van der Waals surface area contributed by atoms with E-state index in [-0.39, 0.29) is 29.2 Å². The first kappa shape index (κ1) is 22.5. The fourth-order valence-corrected chi connectivity index (χ4v) is 3.99. The van der Waals surface area contributed by atoms with E-state index in [0.29, 0.717) is 17.0 Å². The summed E-state index contributed by atoms with van der Waals surface area (Å²) in [5.41, 5.74) is 2.20. The van der Waals surface area contributed by atoms with E-state index in [1.807, 2.05) is 13.0 Å². The van der Waals surface area contributed by atoms with E-state index >= 15 is 0 Å². The Morgan fingerprint density at radius 1 is 1.06 bits per heavy atom. The molecule has 0 amide bonds. The SMILES string of the molecule is Cc1ccc(-c2cc(Br)ccc2OCc2ccc(F)cc2F)n1-c1cccc(O)c1C(=O)O. The van der Waals surface area contributed by atoms with Crippen LogP contribution in [0.3, 0.4) is 0 Å². The highest BCUT2D eigenvalue weighted by atomic mass is 79.9. The molecule has 0 fully saturated rings. The fourth-order valence-electron chi connectivity index (χ4n) is 3.62. The molecule has 4 aromatic rings. The van der Waals surface area contributed by atoms with Crippen LogP contribution in [0.4, 0.5) is 8.78 Å². The van der Waals surface area contributed by atoms with Crippen molar-refractivity contribution in [2.75, 3.05) is 0 Å². The lowest BCUT2D eigenvalue weighted by atomic mass is 10.1. The summed E-state index contributed by atoms with van der Waals surface area (Å²) in [6, 6.07) is 16.6. The molecule has 0 aliphatic carbocycles. The smallest absolute Gasteiger partial charge is 0.341 e. The van der Waals surface area contributed by atoms with E-state index < -0.39 is 17.6 Å². The molecule has 5 nitrogen and oxygen atoms in total. The predicted octanol–water partition coefficient (Wildman–Crippen LogP) is 6.48. The summed E-state index contributed by atoms with van der Waals surface area (Å²) in [7, 11) is 0. The lowest BCUT2D eigenvalue weighted by molar-refractivity contribution is 0.0694. The number of carboxylic acid groups (broad SMARTS) is 1. The molecule has 33 heavy (non-hydrogen) atoms. The van der Waals surface area contributed by atoms with Crippen LogP contribution in [0, 0.1) is 18.6 Å². The Bertz CT molecular complexity index is 1370. The number of carbonyl (C=O) groups is 1. The van der Waals surface area contributed by atoms with Crippen molar-refractivity contribution < 1.29 is 28.5 Å². The van der Waals surface area contributed by atoms with Gasteiger partial charge in [-0.15, -0.1) is 0 Å². The third-order valence-corrected chi connectivity index (χ3v) is 5.66. The van der Waals surface area contributed by atoms with E-state index in [4.69, 9.17) is 4.74 Å². The van der Waals surface area contributed by atoms with E-state index in [1.165, 1.54) is 12.1 Å². The molecule has 0 saturated heterocycles. The van der Waals surface area contributed by atoms with Crippen LogP contribution in [0.1, 0.15) is 21.6 Å². The molecule has 168 valence electrons. The van der Waals surface area contributed by atoms with Crippen LogP contribution in [0.5, 0.6) is 11.5 Å². The molecule has 1 heterocycles. The molecule has 0 bridgehead atoms. The molecule has 0 spiro atoms. The van der Waals surface area contributed by atoms with Gasteiger partial charge in [-0.05, 0) is 61.5 Å². The van der Waals surface area contributed by atoms with Crippen LogP contribution >= 0.6 is 15.9 Å². The molecule has 0 aliphatic rings. The first-order valence-corrected chi connectivity index (χ1v) is 10.7. The van der Waals surface area contributed by atoms with Crippen molar-refractivity contribution >= 4 is 21.9 Å². The Hall–Kier alpha value is -3.65. The topological polar surface area (TPSA) is 71.7 Å². The highest BCUT2D eigenvalue weighted by Gasteiger charge is 2.21. The average molecular weight is 514 g/mol. The number of nitrogens with zero attached hydrogens (tertiary/aromatic N) is 1. The molecule has 0 atom stereocenters. The molecule has 8 heteroatoms. The van der Waals surface area contributed by atoms with Crippen LogP contribution < -0.4 is 4.74 Å². The van der Waals surface area contributed by atoms with Gasteiger partial charge in [0.25, 0.3) is 0 Å². The summed E-state index contributed by atoms with van der Waals surface area (Å²) >= 11 is 3.45. The summed E-state index contributed by atoms with van der Waals surface area (Å²) in [5, 5.41) is 19.9. The van der Waals surface area contributed by atoms with Crippen molar-refractivity contribution in [1.29, 1.82) is 0 Å². The monoisotopic (exact) mass is 513 g/mol. The van der Waals surface area contributed by atoms with Crippen molar-refractivity contribution in [2.24, 2.45) is 0 Å². The number of carboxylic acids is 1. The second kappa shape index (κ2) is 9.07. The van der Waals surface area contributed by atoms with E-state index in [0.717, 1.165) is 22.3 Å². The zero-order valence-electron chi connectivity index (χ0n) is 17.3. The third-order valence-electron chi connectivity index (χ3n) is 5.17. The van der Waals surface area contributed by atoms with Gasteiger partial charge in [0.15, 0.2) is 0 Å². The van der Waals surface area contributed by atoms with Crippen molar-refractivity contribution in [1.82, 2.24) is 4.57 Å². The highest BCUT2D eigenvalue weighted by molar-refractivity contribution is 9.10. The van der Waals surface area contributed by atoms with Crippen molar-refractivity contribution in [3.63, 3.8) is 0 Å².